The zero-order chi connectivity index (χ0) is 14.1. The van der Waals surface area contributed by atoms with Gasteiger partial charge in [-0.1, -0.05) is 0 Å². The van der Waals surface area contributed by atoms with Crippen LogP contribution < -0.4 is 10.9 Å². The maximum Gasteiger partial charge on any atom is 0.267 e. The average molecular weight is 274 g/mol. The highest BCUT2D eigenvalue weighted by Crippen LogP contribution is 2.09. The van der Waals surface area contributed by atoms with Gasteiger partial charge in [0, 0.05) is 31.6 Å². The second-order valence-corrected chi connectivity index (χ2v) is 5.25. The summed E-state index contributed by atoms with van der Waals surface area (Å²) in [6.07, 6.45) is 2.37. The SMILES string of the molecule is CC(C)n1ncnc1Cn1nc2c(cc1=O)CNCC2. The number of hydrogen-bond donors (Lipinski definition) is 1. The number of nitrogens with zero attached hydrogens (tertiary/aromatic N) is 5. The van der Waals surface area contributed by atoms with E-state index in [9.17, 15) is 4.79 Å². The molecule has 2 aromatic rings. The Labute approximate surface area is 116 Å². The largest absolute Gasteiger partial charge is 0.312 e. The molecule has 0 amide bonds. The number of fused-ring (bicyclic) bond motifs is 1. The van der Waals surface area contributed by atoms with Crippen molar-refractivity contribution in [2.45, 2.75) is 39.4 Å². The number of rotatable bonds is 3. The third-order valence-electron chi connectivity index (χ3n) is 3.45. The van der Waals surface area contributed by atoms with Gasteiger partial charge in [0.05, 0.1) is 5.69 Å². The van der Waals surface area contributed by atoms with E-state index in [0.717, 1.165) is 36.6 Å². The second kappa shape index (κ2) is 5.16. The molecule has 0 unspecified atom stereocenters. The Morgan fingerprint density at radius 1 is 1.45 bits per heavy atom. The van der Waals surface area contributed by atoms with Gasteiger partial charge in [-0.2, -0.15) is 10.2 Å². The van der Waals surface area contributed by atoms with Crippen molar-refractivity contribution < 1.29 is 0 Å². The highest BCUT2D eigenvalue weighted by molar-refractivity contribution is 5.20. The van der Waals surface area contributed by atoms with Crippen LogP contribution >= 0.6 is 0 Å². The van der Waals surface area contributed by atoms with Crippen LogP contribution in [-0.2, 0) is 19.5 Å². The van der Waals surface area contributed by atoms with Crippen molar-refractivity contribution in [1.29, 1.82) is 0 Å². The first-order valence-electron chi connectivity index (χ1n) is 6.84. The third-order valence-corrected chi connectivity index (χ3v) is 3.45. The van der Waals surface area contributed by atoms with E-state index >= 15 is 0 Å². The van der Waals surface area contributed by atoms with Crippen molar-refractivity contribution in [3.63, 3.8) is 0 Å². The molecule has 7 heteroatoms. The maximum atomic E-state index is 12.1. The summed E-state index contributed by atoms with van der Waals surface area (Å²) >= 11 is 0. The van der Waals surface area contributed by atoms with Crippen LogP contribution in [0.1, 0.15) is 37.0 Å². The van der Waals surface area contributed by atoms with Gasteiger partial charge in [-0.25, -0.2) is 14.3 Å². The fourth-order valence-electron chi connectivity index (χ4n) is 2.43. The summed E-state index contributed by atoms with van der Waals surface area (Å²) < 4.78 is 3.29. The van der Waals surface area contributed by atoms with Crippen LogP contribution in [0.5, 0.6) is 0 Å². The molecule has 0 saturated carbocycles. The standard InChI is InChI=1S/C13H18N6O/c1-9(2)19-12(15-8-16-19)7-18-13(20)5-10-6-14-4-3-11(10)17-18/h5,8-9,14H,3-4,6-7H2,1-2H3. The van der Waals surface area contributed by atoms with Gasteiger partial charge in [-0.15, -0.1) is 0 Å². The van der Waals surface area contributed by atoms with E-state index in [1.807, 2.05) is 18.5 Å². The van der Waals surface area contributed by atoms with Gasteiger partial charge in [-0.05, 0) is 19.4 Å². The minimum absolute atomic E-state index is 0.0919. The summed E-state index contributed by atoms with van der Waals surface area (Å²) in [7, 11) is 0. The van der Waals surface area contributed by atoms with Gasteiger partial charge in [0.1, 0.15) is 18.7 Å². The van der Waals surface area contributed by atoms with Crippen LogP contribution in [0.15, 0.2) is 17.2 Å². The molecular formula is C13H18N6O. The molecule has 106 valence electrons. The van der Waals surface area contributed by atoms with E-state index in [0.29, 0.717) is 6.54 Å². The highest BCUT2D eigenvalue weighted by Gasteiger charge is 2.15. The van der Waals surface area contributed by atoms with Gasteiger partial charge in [-0.3, -0.25) is 4.79 Å². The lowest BCUT2D eigenvalue weighted by Crippen LogP contribution is -2.32. The first-order valence-corrected chi connectivity index (χ1v) is 6.84. The molecule has 0 aromatic carbocycles. The van der Waals surface area contributed by atoms with Crippen LogP contribution in [0.4, 0.5) is 0 Å². The number of aromatic nitrogens is 5. The highest BCUT2D eigenvalue weighted by atomic mass is 16.1. The fraction of sp³-hybridized carbons (Fsp3) is 0.538. The minimum Gasteiger partial charge on any atom is -0.312 e. The van der Waals surface area contributed by atoms with Crippen LogP contribution in [-0.4, -0.2) is 31.1 Å². The van der Waals surface area contributed by atoms with Gasteiger partial charge in [0.15, 0.2) is 0 Å². The lowest BCUT2D eigenvalue weighted by Gasteiger charge is -2.17. The second-order valence-electron chi connectivity index (χ2n) is 5.25. The minimum atomic E-state index is -0.0919. The molecule has 0 spiro atoms. The maximum absolute atomic E-state index is 12.1. The number of hydrogen-bond acceptors (Lipinski definition) is 5. The summed E-state index contributed by atoms with van der Waals surface area (Å²) in [6.45, 7) is 6.05. The molecule has 2 aromatic heterocycles. The van der Waals surface area contributed by atoms with Gasteiger partial charge >= 0.3 is 0 Å². The van der Waals surface area contributed by atoms with Gasteiger partial charge in [0.2, 0.25) is 0 Å². The Hall–Kier alpha value is -2.02. The Morgan fingerprint density at radius 3 is 3.10 bits per heavy atom. The first kappa shape index (κ1) is 13.0. The Kier molecular flexibility index (Phi) is 3.35. The van der Waals surface area contributed by atoms with Crippen molar-refractivity contribution in [3.8, 4) is 0 Å². The van der Waals surface area contributed by atoms with Crippen molar-refractivity contribution in [3.05, 3.63) is 39.8 Å². The summed E-state index contributed by atoms with van der Waals surface area (Å²) in [6, 6.07) is 1.88. The molecule has 3 heterocycles. The van der Waals surface area contributed by atoms with Crippen molar-refractivity contribution in [2.24, 2.45) is 0 Å². The van der Waals surface area contributed by atoms with Gasteiger partial charge in [0.25, 0.3) is 5.56 Å². The normalized spacial score (nSPS) is 14.6. The lowest BCUT2D eigenvalue weighted by molar-refractivity contribution is 0.476. The molecular weight excluding hydrogens is 256 g/mol. The van der Waals surface area contributed by atoms with E-state index in [1.54, 1.807) is 6.07 Å². The Balaban J connectivity index is 1.94. The topological polar surface area (TPSA) is 77.6 Å². The first-order chi connectivity index (χ1) is 9.65. The van der Waals surface area contributed by atoms with Gasteiger partial charge < -0.3 is 5.32 Å². The van der Waals surface area contributed by atoms with E-state index in [-0.39, 0.29) is 11.6 Å². The summed E-state index contributed by atoms with van der Waals surface area (Å²) in [5.74, 6) is 0.753. The zero-order valence-electron chi connectivity index (χ0n) is 11.7. The molecule has 0 bridgehead atoms. The fourth-order valence-corrected chi connectivity index (χ4v) is 2.43. The Morgan fingerprint density at radius 2 is 2.30 bits per heavy atom. The van der Waals surface area contributed by atoms with E-state index in [2.05, 4.69) is 20.5 Å². The Bertz CT molecular complexity index is 672. The van der Waals surface area contributed by atoms with Crippen LogP contribution in [0, 0.1) is 0 Å². The van der Waals surface area contributed by atoms with E-state index in [4.69, 9.17) is 0 Å². The zero-order valence-corrected chi connectivity index (χ0v) is 11.7. The molecule has 0 aliphatic carbocycles. The molecule has 0 radical (unpaired) electrons. The molecule has 20 heavy (non-hydrogen) atoms. The monoisotopic (exact) mass is 274 g/mol. The van der Waals surface area contributed by atoms with Crippen molar-refractivity contribution in [1.82, 2.24) is 29.9 Å². The molecule has 3 rings (SSSR count). The van der Waals surface area contributed by atoms with E-state index < -0.39 is 0 Å². The summed E-state index contributed by atoms with van der Waals surface area (Å²) in [4.78, 5) is 16.3. The van der Waals surface area contributed by atoms with Crippen molar-refractivity contribution in [2.75, 3.05) is 6.54 Å². The van der Waals surface area contributed by atoms with Crippen LogP contribution in [0.3, 0.4) is 0 Å². The predicted molar refractivity (Wildman–Crippen MR) is 73.4 cm³/mol. The number of nitrogens with one attached hydrogen (secondary N) is 1. The predicted octanol–water partition coefficient (Wildman–Crippen LogP) is 0.110. The lowest BCUT2D eigenvalue weighted by atomic mass is 10.1. The van der Waals surface area contributed by atoms with Crippen molar-refractivity contribution >= 4 is 0 Å². The quantitative estimate of drug-likeness (QED) is 0.859. The molecule has 1 aliphatic heterocycles. The van der Waals surface area contributed by atoms with Crippen LogP contribution in [0.2, 0.25) is 0 Å². The molecule has 0 fully saturated rings. The smallest absolute Gasteiger partial charge is 0.267 e. The summed E-state index contributed by atoms with van der Waals surface area (Å²) in [5.41, 5.74) is 1.91. The van der Waals surface area contributed by atoms with Crippen LogP contribution in [0.25, 0.3) is 0 Å². The molecule has 0 saturated heterocycles. The molecule has 7 nitrogen and oxygen atoms in total. The molecule has 1 aliphatic rings. The third kappa shape index (κ3) is 2.36. The molecule has 1 N–H and O–H groups in total. The van der Waals surface area contributed by atoms with E-state index in [1.165, 1.54) is 11.0 Å². The summed E-state index contributed by atoms with van der Waals surface area (Å²) in [5, 5.41) is 11.9. The average Bonchev–Trinajstić information content (AvgIpc) is 2.88. The molecule has 0 atom stereocenters.